The summed E-state index contributed by atoms with van der Waals surface area (Å²) in [5.41, 5.74) is 2.82. The molecule has 7 heteroatoms. The first kappa shape index (κ1) is 16.9. The van der Waals surface area contributed by atoms with Gasteiger partial charge in [0.15, 0.2) is 5.82 Å². The van der Waals surface area contributed by atoms with Crippen LogP contribution < -0.4 is 0 Å². The number of fused-ring (bicyclic) bond motifs is 1. The highest BCUT2D eigenvalue weighted by Gasteiger charge is 2.18. The summed E-state index contributed by atoms with van der Waals surface area (Å²) >= 11 is 3.36. The highest BCUT2D eigenvalue weighted by atomic mass is 79.9. The molecule has 2 aromatic carbocycles. The van der Waals surface area contributed by atoms with Crippen LogP contribution in [0.3, 0.4) is 0 Å². The van der Waals surface area contributed by atoms with Gasteiger partial charge in [0.05, 0.1) is 11.4 Å². The topological polar surface area (TPSA) is 64.8 Å². The fourth-order valence-electron chi connectivity index (χ4n) is 2.69. The van der Waals surface area contributed by atoms with Crippen LogP contribution >= 0.6 is 15.9 Å². The Morgan fingerprint density at radius 2 is 1.69 bits per heavy atom. The van der Waals surface area contributed by atoms with Crippen LogP contribution in [0.2, 0.25) is 0 Å². The number of imidazole rings is 1. The predicted molar refractivity (Wildman–Crippen MR) is 104 cm³/mol. The summed E-state index contributed by atoms with van der Waals surface area (Å²) in [6.07, 6.45) is 3.03. The number of benzene rings is 2. The van der Waals surface area contributed by atoms with Crippen molar-refractivity contribution in [1.82, 2.24) is 13.9 Å². The van der Waals surface area contributed by atoms with Gasteiger partial charge in [-0.05, 0) is 23.8 Å². The SMILES string of the molecule is O=S(=O)(Cc1cccc(Br)c1)n1ccc2nc(-c3ccccc3)nc-2c1. The van der Waals surface area contributed by atoms with Crippen molar-refractivity contribution in [3.05, 3.63) is 83.1 Å². The number of pyridine rings is 1. The van der Waals surface area contributed by atoms with E-state index in [2.05, 4.69) is 25.9 Å². The Balaban J connectivity index is 1.70. The van der Waals surface area contributed by atoms with E-state index in [9.17, 15) is 8.42 Å². The quantitative estimate of drug-likeness (QED) is 0.489. The minimum absolute atomic E-state index is 0.0949. The molecule has 0 spiro atoms. The first-order valence-electron chi connectivity index (χ1n) is 7.90. The van der Waals surface area contributed by atoms with Gasteiger partial charge < -0.3 is 0 Å². The molecule has 0 radical (unpaired) electrons. The van der Waals surface area contributed by atoms with E-state index in [-0.39, 0.29) is 5.75 Å². The number of rotatable bonds is 4. The van der Waals surface area contributed by atoms with Crippen LogP contribution in [0, 0.1) is 0 Å². The van der Waals surface area contributed by atoms with Crippen molar-refractivity contribution < 1.29 is 8.42 Å². The van der Waals surface area contributed by atoms with Crippen molar-refractivity contribution in [3.8, 4) is 22.8 Å². The molecule has 2 aliphatic heterocycles. The largest absolute Gasteiger partial charge is 0.250 e. The van der Waals surface area contributed by atoms with Crippen molar-refractivity contribution >= 4 is 26.0 Å². The zero-order valence-electron chi connectivity index (χ0n) is 13.6. The molecule has 0 amide bonds. The maximum absolute atomic E-state index is 12.7. The van der Waals surface area contributed by atoms with Gasteiger partial charge in [0, 0.05) is 22.4 Å². The average molecular weight is 428 g/mol. The Hall–Kier alpha value is -2.51. The molecule has 2 aliphatic rings. The lowest BCUT2D eigenvalue weighted by atomic mass is 10.2. The van der Waals surface area contributed by atoms with Gasteiger partial charge in [0.1, 0.15) is 5.69 Å². The van der Waals surface area contributed by atoms with Gasteiger partial charge in [-0.15, -0.1) is 0 Å². The lowest BCUT2D eigenvalue weighted by Crippen LogP contribution is -2.15. The van der Waals surface area contributed by atoms with E-state index in [1.165, 1.54) is 16.4 Å². The van der Waals surface area contributed by atoms with Crippen molar-refractivity contribution in [2.75, 3.05) is 0 Å². The minimum atomic E-state index is -3.55. The van der Waals surface area contributed by atoms with Crippen LogP contribution in [0.4, 0.5) is 0 Å². The van der Waals surface area contributed by atoms with E-state index >= 15 is 0 Å². The Labute approximate surface area is 159 Å². The average Bonchev–Trinajstić information content (AvgIpc) is 3.05. The molecule has 2 aromatic rings. The van der Waals surface area contributed by atoms with E-state index in [0.29, 0.717) is 22.8 Å². The maximum atomic E-state index is 12.7. The Morgan fingerprint density at radius 1 is 0.923 bits per heavy atom. The van der Waals surface area contributed by atoms with E-state index in [0.717, 1.165) is 10.0 Å². The van der Waals surface area contributed by atoms with Crippen LogP contribution in [-0.2, 0) is 15.8 Å². The summed E-state index contributed by atoms with van der Waals surface area (Å²) in [6, 6.07) is 18.5. The molecule has 0 saturated heterocycles. The van der Waals surface area contributed by atoms with Crippen molar-refractivity contribution in [2.45, 2.75) is 5.75 Å². The van der Waals surface area contributed by atoms with Crippen LogP contribution in [0.5, 0.6) is 0 Å². The molecule has 0 saturated carbocycles. The van der Waals surface area contributed by atoms with Crippen LogP contribution in [0.25, 0.3) is 22.8 Å². The maximum Gasteiger partial charge on any atom is 0.242 e. The number of hydrogen-bond acceptors (Lipinski definition) is 4. The molecule has 2 heterocycles. The first-order chi connectivity index (χ1) is 12.5. The summed E-state index contributed by atoms with van der Waals surface area (Å²) in [6.45, 7) is 0. The third kappa shape index (κ3) is 3.40. The molecule has 26 heavy (non-hydrogen) atoms. The number of aromatic nitrogens is 3. The number of hydrogen-bond donors (Lipinski definition) is 0. The predicted octanol–water partition coefficient (Wildman–Crippen LogP) is 4.19. The monoisotopic (exact) mass is 427 g/mol. The van der Waals surface area contributed by atoms with Gasteiger partial charge in [-0.1, -0.05) is 58.4 Å². The number of halogens is 1. The second kappa shape index (κ2) is 6.66. The molecule has 0 bridgehead atoms. The third-order valence-electron chi connectivity index (χ3n) is 3.94. The Kier molecular flexibility index (Phi) is 4.34. The highest BCUT2D eigenvalue weighted by molar-refractivity contribution is 9.10. The zero-order valence-corrected chi connectivity index (χ0v) is 16.0. The van der Waals surface area contributed by atoms with E-state index in [1.54, 1.807) is 18.2 Å². The molecule has 0 atom stereocenters. The van der Waals surface area contributed by atoms with Crippen molar-refractivity contribution in [1.29, 1.82) is 0 Å². The molecule has 4 rings (SSSR count). The molecule has 0 fully saturated rings. The second-order valence-electron chi connectivity index (χ2n) is 5.84. The van der Waals surface area contributed by atoms with E-state index in [4.69, 9.17) is 0 Å². The molecular weight excluding hydrogens is 414 g/mol. The van der Waals surface area contributed by atoms with Gasteiger partial charge in [-0.25, -0.2) is 18.4 Å². The van der Waals surface area contributed by atoms with E-state index < -0.39 is 10.0 Å². The fraction of sp³-hybridized carbons (Fsp3) is 0.0526. The molecule has 0 N–H and O–H groups in total. The molecule has 130 valence electrons. The van der Waals surface area contributed by atoms with Crippen LogP contribution in [-0.4, -0.2) is 22.4 Å². The molecule has 0 aliphatic carbocycles. The fourth-order valence-corrected chi connectivity index (χ4v) is 4.40. The Morgan fingerprint density at radius 3 is 2.46 bits per heavy atom. The van der Waals surface area contributed by atoms with Crippen molar-refractivity contribution in [2.24, 2.45) is 0 Å². The zero-order chi connectivity index (χ0) is 18.1. The van der Waals surface area contributed by atoms with Crippen LogP contribution in [0.15, 0.2) is 77.5 Å². The van der Waals surface area contributed by atoms with Gasteiger partial charge in [0.2, 0.25) is 10.0 Å². The normalized spacial score (nSPS) is 11.7. The van der Waals surface area contributed by atoms with Crippen LogP contribution in [0.1, 0.15) is 5.56 Å². The van der Waals surface area contributed by atoms with Gasteiger partial charge in [-0.2, -0.15) is 0 Å². The van der Waals surface area contributed by atoms with Gasteiger partial charge in [0.25, 0.3) is 0 Å². The highest BCUT2D eigenvalue weighted by Crippen LogP contribution is 2.25. The summed E-state index contributed by atoms with van der Waals surface area (Å²) in [5, 5.41) is 0. The molecule has 0 aromatic heterocycles. The summed E-state index contributed by atoms with van der Waals surface area (Å²) in [4.78, 5) is 8.95. The standard InChI is InChI=1S/C19H14BrN3O2S/c20-16-8-4-5-14(11-16)13-26(24,25)23-10-9-17-18(12-23)22-19(21-17)15-6-2-1-3-7-15/h1-12H,13H2. The minimum Gasteiger partial charge on any atom is -0.250 e. The number of nitrogens with zero attached hydrogens (tertiary/aromatic N) is 3. The second-order valence-corrected chi connectivity index (χ2v) is 8.63. The van der Waals surface area contributed by atoms with Crippen molar-refractivity contribution in [3.63, 3.8) is 0 Å². The smallest absolute Gasteiger partial charge is 0.242 e. The summed E-state index contributed by atoms with van der Waals surface area (Å²) in [7, 11) is -3.55. The molecular formula is C19H14BrN3O2S. The van der Waals surface area contributed by atoms with E-state index in [1.807, 2.05) is 42.5 Å². The van der Waals surface area contributed by atoms with Gasteiger partial charge in [-0.3, -0.25) is 3.97 Å². The summed E-state index contributed by atoms with van der Waals surface area (Å²) < 4.78 is 27.5. The summed E-state index contributed by atoms with van der Waals surface area (Å²) in [5.74, 6) is 0.491. The first-order valence-corrected chi connectivity index (χ1v) is 10.3. The Bertz CT molecular complexity index is 1140. The molecule has 5 nitrogen and oxygen atoms in total. The molecule has 0 unspecified atom stereocenters. The lowest BCUT2D eigenvalue weighted by molar-refractivity contribution is 0.586. The lowest BCUT2D eigenvalue weighted by Gasteiger charge is -2.09. The van der Waals surface area contributed by atoms with Gasteiger partial charge >= 0.3 is 0 Å². The third-order valence-corrected chi connectivity index (χ3v) is 6.00.